The Morgan fingerprint density at radius 2 is 1.83 bits per heavy atom. The van der Waals surface area contributed by atoms with E-state index in [2.05, 4.69) is 46.9 Å². The lowest BCUT2D eigenvalue weighted by molar-refractivity contribution is 0.0950. The van der Waals surface area contributed by atoms with E-state index in [9.17, 15) is 4.79 Å². The van der Waals surface area contributed by atoms with E-state index < -0.39 is 0 Å². The number of rotatable bonds is 6. The standard InChI is InChI=1S/C19H16BrN7OS/c1-12-2-4-13(5-3-12)10-21-18(28)19-24-22-16(29-19)11-27-25-17(23-26-27)14-6-8-15(20)9-7-14/h2-9H,10-11H2,1H3,(H,21,28). The Balaban J connectivity index is 1.37. The minimum atomic E-state index is -0.253. The average Bonchev–Trinajstić information content (AvgIpc) is 3.38. The number of tetrazole rings is 1. The summed E-state index contributed by atoms with van der Waals surface area (Å²) in [5.74, 6) is 0.273. The Morgan fingerprint density at radius 1 is 1.07 bits per heavy atom. The number of aromatic nitrogens is 6. The van der Waals surface area contributed by atoms with E-state index in [1.165, 1.54) is 21.7 Å². The van der Waals surface area contributed by atoms with Gasteiger partial charge in [-0.1, -0.05) is 57.1 Å². The van der Waals surface area contributed by atoms with Crippen LogP contribution in [0.4, 0.5) is 0 Å². The first-order chi connectivity index (χ1) is 14.1. The highest BCUT2D eigenvalue weighted by atomic mass is 79.9. The molecule has 2 heterocycles. The van der Waals surface area contributed by atoms with Gasteiger partial charge in [0, 0.05) is 16.6 Å². The third-order valence-corrected chi connectivity index (χ3v) is 5.50. The fourth-order valence-electron chi connectivity index (χ4n) is 2.52. The minimum absolute atomic E-state index is 0.253. The number of hydrogen-bond acceptors (Lipinski definition) is 7. The zero-order valence-electron chi connectivity index (χ0n) is 15.4. The Labute approximate surface area is 179 Å². The smallest absolute Gasteiger partial charge is 0.282 e. The Hall–Kier alpha value is -2.98. The average molecular weight is 470 g/mol. The zero-order chi connectivity index (χ0) is 20.2. The first-order valence-electron chi connectivity index (χ1n) is 8.77. The van der Waals surface area contributed by atoms with Crippen LogP contribution in [0.3, 0.4) is 0 Å². The third-order valence-electron chi connectivity index (χ3n) is 4.07. The second kappa shape index (κ2) is 8.58. The molecule has 2 aromatic heterocycles. The maximum Gasteiger partial charge on any atom is 0.282 e. The summed E-state index contributed by atoms with van der Waals surface area (Å²) in [5.41, 5.74) is 3.08. The van der Waals surface area contributed by atoms with E-state index in [-0.39, 0.29) is 5.91 Å². The van der Waals surface area contributed by atoms with Gasteiger partial charge >= 0.3 is 0 Å². The monoisotopic (exact) mass is 469 g/mol. The molecule has 4 aromatic rings. The molecule has 0 aliphatic heterocycles. The van der Waals surface area contributed by atoms with Crippen LogP contribution in [0.1, 0.15) is 25.9 Å². The molecule has 2 aromatic carbocycles. The third kappa shape index (κ3) is 4.90. The first-order valence-corrected chi connectivity index (χ1v) is 10.4. The lowest BCUT2D eigenvalue weighted by Gasteiger charge is -2.03. The highest BCUT2D eigenvalue weighted by molar-refractivity contribution is 9.10. The van der Waals surface area contributed by atoms with Crippen molar-refractivity contribution in [3.05, 3.63) is 74.1 Å². The molecule has 29 heavy (non-hydrogen) atoms. The van der Waals surface area contributed by atoms with E-state index in [0.29, 0.717) is 28.9 Å². The van der Waals surface area contributed by atoms with Crippen LogP contribution in [-0.4, -0.2) is 36.3 Å². The van der Waals surface area contributed by atoms with Gasteiger partial charge in [-0.25, -0.2) is 0 Å². The summed E-state index contributed by atoms with van der Waals surface area (Å²) in [4.78, 5) is 13.7. The van der Waals surface area contributed by atoms with Crippen LogP contribution in [-0.2, 0) is 13.1 Å². The molecule has 0 atom stereocenters. The van der Waals surface area contributed by atoms with E-state index >= 15 is 0 Å². The quantitative estimate of drug-likeness (QED) is 0.465. The summed E-state index contributed by atoms with van der Waals surface area (Å²) in [6.45, 7) is 2.76. The maximum atomic E-state index is 12.3. The lowest BCUT2D eigenvalue weighted by Crippen LogP contribution is -2.22. The number of halogens is 1. The van der Waals surface area contributed by atoms with Crippen molar-refractivity contribution in [3.63, 3.8) is 0 Å². The molecule has 0 aliphatic carbocycles. The van der Waals surface area contributed by atoms with Gasteiger partial charge in [0.05, 0.1) is 0 Å². The van der Waals surface area contributed by atoms with Crippen molar-refractivity contribution < 1.29 is 4.79 Å². The zero-order valence-corrected chi connectivity index (χ0v) is 17.8. The molecule has 10 heteroatoms. The SMILES string of the molecule is Cc1ccc(CNC(=O)c2nnc(Cn3nnc(-c4ccc(Br)cc4)n3)s2)cc1. The van der Waals surface area contributed by atoms with Crippen LogP contribution in [0.2, 0.25) is 0 Å². The van der Waals surface area contributed by atoms with Gasteiger partial charge in [-0.2, -0.15) is 4.80 Å². The second-order valence-electron chi connectivity index (χ2n) is 6.32. The van der Waals surface area contributed by atoms with Crippen molar-refractivity contribution in [3.8, 4) is 11.4 Å². The predicted octanol–water partition coefficient (Wildman–Crippen LogP) is 3.24. The molecule has 0 radical (unpaired) electrons. The maximum absolute atomic E-state index is 12.3. The van der Waals surface area contributed by atoms with Gasteiger partial charge in [0.2, 0.25) is 10.8 Å². The summed E-state index contributed by atoms with van der Waals surface area (Å²) in [6, 6.07) is 15.7. The van der Waals surface area contributed by atoms with Gasteiger partial charge in [-0.15, -0.1) is 20.4 Å². The number of nitrogens with one attached hydrogen (secondary N) is 1. The normalized spacial score (nSPS) is 10.8. The molecule has 1 amide bonds. The topological polar surface area (TPSA) is 98.5 Å². The van der Waals surface area contributed by atoms with Crippen LogP contribution in [0.15, 0.2) is 53.0 Å². The Morgan fingerprint density at radius 3 is 2.59 bits per heavy atom. The summed E-state index contributed by atoms with van der Waals surface area (Å²) in [5, 5.41) is 24.3. The summed E-state index contributed by atoms with van der Waals surface area (Å²) in [6.07, 6.45) is 0. The van der Waals surface area contributed by atoms with Gasteiger partial charge in [-0.05, 0) is 42.0 Å². The number of carbonyl (C=O) groups excluding carboxylic acids is 1. The van der Waals surface area contributed by atoms with Crippen molar-refractivity contribution in [2.45, 2.75) is 20.0 Å². The molecule has 4 rings (SSSR count). The number of carbonyl (C=O) groups is 1. The molecule has 0 saturated heterocycles. The second-order valence-corrected chi connectivity index (χ2v) is 8.30. The van der Waals surface area contributed by atoms with Crippen molar-refractivity contribution in [2.75, 3.05) is 0 Å². The molecular weight excluding hydrogens is 454 g/mol. The van der Waals surface area contributed by atoms with Crippen molar-refractivity contribution in [2.24, 2.45) is 0 Å². The number of amides is 1. The number of nitrogens with zero attached hydrogens (tertiary/aromatic N) is 6. The van der Waals surface area contributed by atoms with Gasteiger partial charge in [0.15, 0.2) is 0 Å². The van der Waals surface area contributed by atoms with Crippen molar-refractivity contribution >= 4 is 33.2 Å². The fraction of sp³-hybridized carbons (Fsp3) is 0.158. The molecule has 146 valence electrons. The number of hydrogen-bond donors (Lipinski definition) is 1. The van der Waals surface area contributed by atoms with Crippen LogP contribution >= 0.6 is 27.3 Å². The molecule has 0 fully saturated rings. The van der Waals surface area contributed by atoms with Crippen molar-refractivity contribution in [1.29, 1.82) is 0 Å². The molecule has 0 aliphatic rings. The molecule has 0 saturated carbocycles. The van der Waals surface area contributed by atoms with E-state index in [1.54, 1.807) is 0 Å². The Bertz CT molecular complexity index is 1120. The molecule has 0 bridgehead atoms. The fourth-order valence-corrected chi connectivity index (χ4v) is 3.51. The highest BCUT2D eigenvalue weighted by Gasteiger charge is 2.14. The molecule has 8 nitrogen and oxygen atoms in total. The molecular formula is C19H16BrN7OS. The Kier molecular flexibility index (Phi) is 5.72. The molecule has 0 spiro atoms. The first kappa shape index (κ1) is 19.3. The van der Waals surface area contributed by atoms with E-state index in [1.807, 2.05) is 55.5 Å². The molecule has 1 N–H and O–H groups in total. The highest BCUT2D eigenvalue weighted by Crippen LogP contribution is 2.18. The summed E-state index contributed by atoms with van der Waals surface area (Å²) >= 11 is 4.61. The van der Waals surface area contributed by atoms with Gasteiger partial charge < -0.3 is 5.32 Å². The van der Waals surface area contributed by atoms with Gasteiger partial charge in [-0.3, -0.25) is 4.79 Å². The van der Waals surface area contributed by atoms with Crippen molar-refractivity contribution in [1.82, 2.24) is 35.7 Å². The van der Waals surface area contributed by atoms with E-state index in [4.69, 9.17) is 0 Å². The largest absolute Gasteiger partial charge is 0.346 e. The molecule has 0 unspecified atom stereocenters. The van der Waals surface area contributed by atoms with E-state index in [0.717, 1.165) is 15.6 Å². The van der Waals surface area contributed by atoms with Crippen LogP contribution in [0.5, 0.6) is 0 Å². The van der Waals surface area contributed by atoms with Crippen LogP contribution in [0, 0.1) is 6.92 Å². The number of aryl methyl sites for hydroxylation is 1. The number of benzene rings is 2. The van der Waals surface area contributed by atoms with Crippen LogP contribution in [0.25, 0.3) is 11.4 Å². The van der Waals surface area contributed by atoms with Crippen LogP contribution < -0.4 is 5.32 Å². The lowest BCUT2D eigenvalue weighted by atomic mass is 10.1. The predicted molar refractivity (Wildman–Crippen MR) is 112 cm³/mol. The van der Waals surface area contributed by atoms with Gasteiger partial charge in [0.1, 0.15) is 11.6 Å². The summed E-state index contributed by atoms with van der Waals surface area (Å²) < 4.78 is 0.982. The minimum Gasteiger partial charge on any atom is -0.346 e. The summed E-state index contributed by atoms with van der Waals surface area (Å²) in [7, 11) is 0. The van der Waals surface area contributed by atoms with Gasteiger partial charge in [0.25, 0.3) is 5.91 Å².